The quantitative estimate of drug-likeness (QED) is 0.421. The molecule has 1 saturated heterocycles. The van der Waals surface area contributed by atoms with Crippen LogP contribution in [-0.4, -0.2) is 54.8 Å². The lowest BCUT2D eigenvalue weighted by molar-refractivity contribution is 0.0632. The van der Waals surface area contributed by atoms with Crippen molar-refractivity contribution in [1.29, 1.82) is 0 Å². The first-order valence-electron chi connectivity index (χ1n) is 13.7. The first-order chi connectivity index (χ1) is 17.7. The second-order valence-electron chi connectivity index (χ2n) is 11.3. The average molecular weight is 510 g/mol. The van der Waals surface area contributed by atoms with E-state index in [0.29, 0.717) is 30.4 Å². The molecule has 1 aliphatic heterocycles. The minimum atomic E-state index is -1.36. The molecule has 0 spiro atoms. The molecule has 9 heteroatoms. The lowest BCUT2D eigenvalue weighted by Crippen LogP contribution is -2.38. The Balaban J connectivity index is 1.20. The van der Waals surface area contributed by atoms with Crippen molar-refractivity contribution in [3.05, 3.63) is 53.4 Å². The number of ether oxygens (including phenoxy) is 1. The van der Waals surface area contributed by atoms with E-state index in [9.17, 15) is 0 Å². The molecule has 1 saturated carbocycles. The summed E-state index contributed by atoms with van der Waals surface area (Å²) in [7, 11) is 4.07. The van der Waals surface area contributed by atoms with Crippen LogP contribution in [0.4, 0.5) is 4.39 Å². The SMILES string of the molecule is CC(C)c1cccc(OC(C)c2nnc(C3CCC(n4cc(C5(F)CCN(C)CC5)nn4)CC3)n2C)c1. The molecular weight excluding hydrogens is 469 g/mol. The number of likely N-dealkylation sites (tertiary alicyclic amines) is 1. The zero-order valence-electron chi connectivity index (χ0n) is 22.8. The van der Waals surface area contributed by atoms with Crippen molar-refractivity contribution in [3.8, 4) is 5.75 Å². The predicted molar refractivity (Wildman–Crippen MR) is 140 cm³/mol. The van der Waals surface area contributed by atoms with E-state index >= 15 is 4.39 Å². The largest absolute Gasteiger partial charge is 0.483 e. The van der Waals surface area contributed by atoms with Crippen molar-refractivity contribution in [2.24, 2.45) is 7.05 Å². The van der Waals surface area contributed by atoms with Crippen molar-refractivity contribution in [2.45, 2.75) is 88.9 Å². The Labute approximate surface area is 219 Å². The Bertz CT molecular complexity index is 1190. The predicted octanol–water partition coefficient (Wildman–Crippen LogP) is 5.46. The second-order valence-corrected chi connectivity index (χ2v) is 11.3. The number of halogens is 1. The first kappa shape index (κ1) is 25.8. The van der Waals surface area contributed by atoms with E-state index in [1.807, 2.05) is 44.0 Å². The van der Waals surface area contributed by atoms with E-state index < -0.39 is 5.67 Å². The van der Waals surface area contributed by atoms with Crippen LogP contribution in [-0.2, 0) is 12.7 Å². The molecule has 0 N–H and O–H groups in total. The zero-order valence-corrected chi connectivity index (χ0v) is 22.8. The zero-order chi connectivity index (χ0) is 26.2. The van der Waals surface area contributed by atoms with Gasteiger partial charge in [-0.2, -0.15) is 0 Å². The normalized spacial score (nSPS) is 23.3. The summed E-state index contributed by atoms with van der Waals surface area (Å²) >= 11 is 0. The van der Waals surface area contributed by atoms with Crippen molar-refractivity contribution >= 4 is 0 Å². The number of alkyl halides is 1. The van der Waals surface area contributed by atoms with Crippen LogP contribution in [0.25, 0.3) is 0 Å². The van der Waals surface area contributed by atoms with Gasteiger partial charge in [0.2, 0.25) is 0 Å². The highest BCUT2D eigenvalue weighted by molar-refractivity contribution is 5.30. The number of aromatic nitrogens is 6. The number of nitrogens with zero attached hydrogens (tertiary/aromatic N) is 7. The van der Waals surface area contributed by atoms with Crippen LogP contribution >= 0.6 is 0 Å². The summed E-state index contributed by atoms with van der Waals surface area (Å²) in [5.74, 6) is 3.48. The fourth-order valence-corrected chi connectivity index (χ4v) is 5.76. The molecule has 1 atom stereocenters. The monoisotopic (exact) mass is 509 g/mol. The molecule has 3 heterocycles. The maximum absolute atomic E-state index is 15.5. The van der Waals surface area contributed by atoms with Crippen LogP contribution in [0.15, 0.2) is 30.5 Å². The van der Waals surface area contributed by atoms with Gasteiger partial charge in [0.1, 0.15) is 17.3 Å². The molecular formula is C28H40FN7O. The van der Waals surface area contributed by atoms with Gasteiger partial charge in [-0.25, -0.2) is 9.07 Å². The van der Waals surface area contributed by atoms with E-state index in [0.717, 1.165) is 56.2 Å². The van der Waals surface area contributed by atoms with Crippen LogP contribution in [0.1, 0.15) is 106 Å². The average Bonchev–Trinajstić information content (AvgIpc) is 3.54. The molecule has 0 amide bonds. The maximum Gasteiger partial charge on any atom is 0.173 e. The number of rotatable bonds is 7. The summed E-state index contributed by atoms with van der Waals surface area (Å²) in [6.45, 7) is 7.89. The van der Waals surface area contributed by atoms with E-state index in [1.165, 1.54) is 5.56 Å². The molecule has 1 unspecified atom stereocenters. The minimum absolute atomic E-state index is 0.203. The summed E-state index contributed by atoms with van der Waals surface area (Å²) in [6.07, 6.45) is 6.52. The van der Waals surface area contributed by atoms with Crippen molar-refractivity contribution in [3.63, 3.8) is 0 Å². The van der Waals surface area contributed by atoms with E-state index in [2.05, 4.69) is 56.0 Å². The topological polar surface area (TPSA) is 73.9 Å². The third-order valence-corrected chi connectivity index (χ3v) is 8.33. The summed E-state index contributed by atoms with van der Waals surface area (Å²) in [4.78, 5) is 2.17. The molecule has 2 fully saturated rings. The van der Waals surface area contributed by atoms with E-state index in [-0.39, 0.29) is 12.1 Å². The number of hydrogen-bond donors (Lipinski definition) is 0. The number of hydrogen-bond acceptors (Lipinski definition) is 6. The second kappa shape index (κ2) is 10.5. The standard InChI is InChI=1S/C28H40FN7O/c1-19(2)22-7-6-8-24(17-22)37-20(3)26-31-32-27(35(26)5)21-9-11-23(12-10-21)36-18-25(30-33-36)28(29)13-15-34(4)16-14-28/h6-8,17-21,23H,9-16H2,1-5H3. The fraction of sp³-hybridized carbons (Fsp3) is 0.643. The molecule has 0 bridgehead atoms. The van der Waals surface area contributed by atoms with Crippen LogP contribution in [0.5, 0.6) is 5.75 Å². The Morgan fingerprint density at radius 2 is 1.73 bits per heavy atom. The highest BCUT2D eigenvalue weighted by Crippen LogP contribution is 2.39. The van der Waals surface area contributed by atoms with Gasteiger partial charge in [-0.1, -0.05) is 31.2 Å². The third kappa shape index (κ3) is 5.42. The third-order valence-electron chi connectivity index (χ3n) is 8.33. The van der Waals surface area contributed by atoms with E-state index in [1.54, 1.807) is 0 Å². The van der Waals surface area contributed by atoms with Gasteiger partial charge in [0, 0.05) is 38.9 Å². The highest BCUT2D eigenvalue weighted by Gasteiger charge is 2.39. The molecule has 1 aliphatic carbocycles. The van der Waals surface area contributed by atoms with Crippen LogP contribution in [0.3, 0.4) is 0 Å². The molecule has 8 nitrogen and oxygen atoms in total. The Morgan fingerprint density at radius 1 is 1.00 bits per heavy atom. The molecule has 200 valence electrons. The molecule has 2 aliphatic rings. The van der Waals surface area contributed by atoms with Gasteiger partial charge in [0.05, 0.1) is 12.2 Å². The van der Waals surface area contributed by atoms with Crippen molar-refractivity contribution < 1.29 is 9.13 Å². The molecule has 3 aromatic rings. The summed E-state index contributed by atoms with van der Waals surface area (Å²) in [5, 5.41) is 17.7. The summed E-state index contributed by atoms with van der Waals surface area (Å²) in [5.41, 5.74) is 0.396. The number of benzene rings is 1. The minimum Gasteiger partial charge on any atom is -0.483 e. The highest BCUT2D eigenvalue weighted by atomic mass is 19.1. The van der Waals surface area contributed by atoms with Gasteiger partial charge in [0.25, 0.3) is 0 Å². The first-order valence-corrected chi connectivity index (χ1v) is 13.7. The van der Waals surface area contributed by atoms with Gasteiger partial charge < -0.3 is 14.2 Å². The Hall–Kier alpha value is -2.81. The lowest BCUT2D eigenvalue weighted by Gasteiger charge is -2.33. The van der Waals surface area contributed by atoms with Crippen LogP contribution in [0, 0.1) is 0 Å². The van der Waals surface area contributed by atoms with Crippen LogP contribution in [0.2, 0.25) is 0 Å². The fourth-order valence-electron chi connectivity index (χ4n) is 5.76. The van der Waals surface area contributed by atoms with Crippen molar-refractivity contribution in [1.82, 2.24) is 34.7 Å². The van der Waals surface area contributed by atoms with E-state index in [4.69, 9.17) is 4.74 Å². The summed E-state index contributed by atoms with van der Waals surface area (Å²) < 4.78 is 25.7. The summed E-state index contributed by atoms with van der Waals surface area (Å²) in [6, 6.07) is 8.51. The van der Waals surface area contributed by atoms with Gasteiger partial charge in [-0.05, 0) is 63.3 Å². The van der Waals surface area contributed by atoms with Crippen molar-refractivity contribution in [2.75, 3.05) is 20.1 Å². The molecule has 5 rings (SSSR count). The Kier molecular flexibility index (Phi) is 7.34. The Morgan fingerprint density at radius 3 is 2.43 bits per heavy atom. The molecule has 37 heavy (non-hydrogen) atoms. The molecule has 2 aromatic heterocycles. The smallest absolute Gasteiger partial charge is 0.173 e. The number of piperidine rings is 1. The van der Waals surface area contributed by atoms with Gasteiger partial charge in [-0.15, -0.1) is 15.3 Å². The lowest BCUT2D eigenvalue weighted by atomic mass is 9.85. The van der Waals surface area contributed by atoms with Gasteiger partial charge in [-0.3, -0.25) is 0 Å². The van der Waals surface area contributed by atoms with Gasteiger partial charge >= 0.3 is 0 Å². The van der Waals surface area contributed by atoms with Crippen LogP contribution < -0.4 is 4.74 Å². The molecule has 1 aromatic carbocycles. The maximum atomic E-state index is 15.5. The van der Waals surface area contributed by atoms with Gasteiger partial charge in [0.15, 0.2) is 17.6 Å². The molecule has 0 radical (unpaired) electrons.